The Balaban J connectivity index is 2.93. The van der Waals surface area contributed by atoms with E-state index in [1.165, 1.54) is 19.2 Å². The zero-order valence-corrected chi connectivity index (χ0v) is 13.3. The van der Waals surface area contributed by atoms with E-state index < -0.39 is 13.3 Å². The standard InChI is InChI=1S/C14H21O6P/c1-14(2,8-4-5-13(16)20-3)10-6-7-11(15)12(9-10)21(17,18)19/h6-7,9,15H,4-5,8H2,1-3H3,(H2,17,18,19). The number of methoxy groups -OCH3 is 1. The molecule has 0 spiro atoms. The maximum Gasteiger partial charge on any atom is 0.359 e. The lowest BCUT2D eigenvalue weighted by atomic mass is 9.80. The van der Waals surface area contributed by atoms with Crippen molar-refractivity contribution in [1.29, 1.82) is 0 Å². The molecule has 1 aromatic rings. The number of phenols is 1. The fraction of sp³-hybridized carbons (Fsp3) is 0.500. The molecule has 0 radical (unpaired) electrons. The Morgan fingerprint density at radius 2 is 1.95 bits per heavy atom. The monoisotopic (exact) mass is 316 g/mol. The number of aromatic hydroxyl groups is 1. The van der Waals surface area contributed by atoms with Crippen LogP contribution < -0.4 is 5.30 Å². The van der Waals surface area contributed by atoms with E-state index in [1.807, 2.05) is 13.8 Å². The van der Waals surface area contributed by atoms with Crippen molar-refractivity contribution in [3.63, 3.8) is 0 Å². The van der Waals surface area contributed by atoms with Gasteiger partial charge in [-0.05, 0) is 36.0 Å². The number of benzene rings is 1. The van der Waals surface area contributed by atoms with E-state index in [0.29, 0.717) is 24.8 Å². The van der Waals surface area contributed by atoms with Gasteiger partial charge < -0.3 is 19.6 Å². The van der Waals surface area contributed by atoms with Crippen LogP contribution in [0.1, 0.15) is 38.7 Å². The Kier molecular flexibility index (Phi) is 5.56. The largest absolute Gasteiger partial charge is 0.507 e. The normalized spacial score (nSPS) is 12.2. The van der Waals surface area contributed by atoms with Gasteiger partial charge in [0.05, 0.1) is 7.11 Å². The summed E-state index contributed by atoms with van der Waals surface area (Å²) < 4.78 is 15.9. The average molecular weight is 316 g/mol. The molecule has 0 atom stereocenters. The van der Waals surface area contributed by atoms with E-state index in [4.69, 9.17) is 0 Å². The minimum Gasteiger partial charge on any atom is -0.507 e. The van der Waals surface area contributed by atoms with E-state index in [-0.39, 0.29) is 16.7 Å². The maximum atomic E-state index is 11.3. The first kappa shape index (κ1) is 17.7. The summed E-state index contributed by atoms with van der Waals surface area (Å²) in [6.07, 6.45) is 1.54. The van der Waals surface area contributed by atoms with Crippen LogP contribution in [0.5, 0.6) is 5.75 Å². The van der Waals surface area contributed by atoms with E-state index in [0.717, 1.165) is 0 Å². The summed E-state index contributed by atoms with van der Waals surface area (Å²) >= 11 is 0. The van der Waals surface area contributed by atoms with Crippen LogP contribution in [0.25, 0.3) is 0 Å². The number of carbonyl (C=O) groups excluding carboxylic acids is 1. The highest BCUT2D eigenvalue weighted by molar-refractivity contribution is 7.60. The highest BCUT2D eigenvalue weighted by Crippen LogP contribution is 2.39. The number of ether oxygens (including phenoxy) is 1. The lowest BCUT2D eigenvalue weighted by Gasteiger charge is -2.26. The first-order valence-corrected chi connectivity index (χ1v) is 8.15. The summed E-state index contributed by atoms with van der Waals surface area (Å²) in [5, 5.41) is 9.19. The van der Waals surface area contributed by atoms with Crippen LogP contribution in [0.2, 0.25) is 0 Å². The van der Waals surface area contributed by atoms with Crippen molar-refractivity contribution < 1.29 is 29.0 Å². The number of esters is 1. The molecule has 118 valence electrons. The number of hydrogen-bond acceptors (Lipinski definition) is 4. The van der Waals surface area contributed by atoms with Gasteiger partial charge in [0, 0.05) is 6.42 Å². The van der Waals surface area contributed by atoms with Gasteiger partial charge in [-0.3, -0.25) is 9.36 Å². The quantitative estimate of drug-likeness (QED) is 0.546. The molecule has 0 heterocycles. The van der Waals surface area contributed by atoms with E-state index in [9.17, 15) is 24.3 Å². The summed E-state index contributed by atoms with van der Waals surface area (Å²) in [6, 6.07) is 4.24. The van der Waals surface area contributed by atoms with Crippen molar-refractivity contribution in [2.75, 3.05) is 7.11 Å². The smallest absolute Gasteiger partial charge is 0.359 e. The van der Waals surface area contributed by atoms with Crippen LogP contribution >= 0.6 is 7.60 Å². The van der Waals surface area contributed by atoms with Crippen LogP contribution in [0, 0.1) is 0 Å². The van der Waals surface area contributed by atoms with Crippen LogP contribution in [0.3, 0.4) is 0 Å². The molecule has 0 unspecified atom stereocenters. The summed E-state index contributed by atoms with van der Waals surface area (Å²) in [7, 11) is -3.19. The SMILES string of the molecule is COC(=O)CCCC(C)(C)c1ccc(O)c(P(=O)(O)O)c1. The molecule has 0 aliphatic rings. The van der Waals surface area contributed by atoms with Crippen molar-refractivity contribution in [2.24, 2.45) is 0 Å². The Morgan fingerprint density at radius 1 is 1.33 bits per heavy atom. The number of carbonyl (C=O) groups is 1. The molecule has 0 fully saturated rings. The number of hydrogen-bond donors (Lipinski definition) is 3. The topological polar surface area (TPSA) is 104 Å². The van der Waals surface area contributed by atoms with Gasteiger partial charge in [0.25, 0.3) is 0 Å². The maximum absolute atomic E-state index is 11.3. The van der Waals surface area contributed by atoms with Gasteiger partial charge in [0.2, 0.25) is 0 Å². The zero-order chi connectivity index (χ0) is 16.3. The second-order valence-corrected chi connectivity index (χ2v) is 7.13. The molecular weight excluding hydrogens is 295 g/mol. The number of phenolic OH excluding ortho intramolecular Hbond substituents is 1. The van der Waals surface area contributed by atoms with Gasteiger partial charge in [-0.25, -0.2) is 0 Å². The minimum atomic E-state index is -4.52. The van der Waals surface area contributed by atoms with Gasteiger partial charge in [-0.1, -0.05) is 19.9 Å². The predicted octanol–water partition coefficient (Wildman–Crippen LogP) is 1.82. The predicted molar refractivity (Wildman–Crippen MR) is 78.7 cm³/mol. The van der Waals surface area contributed by atoms with Gasteiger partial charge in [-0.15, -0.1) is 0 Å². The molecule has 1 aromatic carbocycles. The molecule has 7 heteroatoms. The second-order valence-electron chi connectivity index (χ2n) is 5.56. The molecule has 0 saturated carbocycles. The first-order chi connectivity index (χ1) is 9.58. The van der Waals surface area contributed by atoms with Crippen LogP contribution in [0.4, 0.5) is 0 Å². The molecule has 21 heavy (non-hydrogen) atoms. The van der Waals surface area contributed by atoms with Crippen LogP contribution in [-0.2, 0) is 19.5 Å². The highest BCUT2D eigenvalue weighted by atomic mass is 31.2. The zero-order valence-electron chi connectivity index (χ0n) is 12.4. The third-order valence-electron chi connectivity index (χ3n) is 3.48. The molecule has 0 aliphatic heterocycles. The fourth-order valence-electron chi connectivity index (χ4n) is 2.10. The summed E-state index contributed by atoms with van der Waals surface area (Å²) in [5.74, 6) is -0.704. The molecule has 6 nitrogen and oxygen atoms in total. The van der Waals surface area contributed by atoms with Gasteiger partial charge >= 0.3 is 13.6 Å². The van der Waals surface area contributed by atoms with Crippen LogP contribution in [0.15, 0.2) is 18.2 Å². The molecule has 1 rings (SSSR count). The van der Waals surface area contributed by atoms with Gasteiger partial charge in [0.15, 0.2) is 0 Å². The molecule has 0 aromatic heterocycles. The van der Waals surface area contributed by atoms with Crippen molar-refractivity contribution >= 4 is 18.9 Å². The van der Waals surface area contributed by atoms with Crippen molar-refractivity contribution in [3.8, 4) is 5.75 Å². The van der Waals surface area contributed by atoms with Gasteiger partial charge in [-0.2, -0.15) is 0 Å². The Morgan fingerprint density at radius 3 is 2.48 bits per heavy atom. The molecule has 0 bridgehead atoms. The Hall–Kier alpha value is -1.36. The highest BCUT2D eigenvalue weighted by Gasteiger charge is 2.27. The van der Waals surface area contributed by atoms with Gasteiger partial charge in [0.1, 0.15) is 11.1 Å². The Bertz CT molecular complexity index is 561. The first-order valence-electron chi connectivity index (χ1n) is 6.54. The fourth-order valence-corrected chi connectivity index (χ4v) is 2.78. The van der Waals surface area contributed by atoms with Crippen molar-refractivity contribution in [2.45, 2.75) is 38.5 Å². The summed E-state index contributed by atoms with van der Waals surface area (Å²) in [6.45, 7) is 3.83. The molecule has 0 saturated heterocycles. The third kappa shape index (κ3) is 4.84. The van der Waals surface area contributed by atoms with E-state index >= 15 is 0 Å². The third-order valence-corrected chi connectivity index (χ3v) is 4.47. The lowest BCUT2D eigenvalue weighted by molar-refractivity contribution is -0.140. The summed E-state index contributed by atoms with van der Waals surface area (Å²) in [4.78, 5) is 29.6. The number of rotatable bonds is 6. The molecule has 0 aliphatic carbocycles. The van der Waals surface area contributed by atoms with E-state index in [1.54, 1.807) is 6.07 Å². The lowest BCUT2D eigenvalue weighted by Crippen LogP contribution is -2.20. The van der Waals surface area contributed by atoms with E-state index in [2.05, 4.69) is 4.74 Å². The average Bonchev–Trinajstić information content (AvgIpc) is 2.37. The minimum absolute atomic E-state index is 0.285. The molecule has 0 amide bonds. The second kappa shape index (κ2) is 6.60. The van der Waals surface area contributed by atoms with Crippen LogP contribution in [-0.4, -0.2) is 28.0 Å². The van der Waals surface area contributed by atoms with Crippen molar-refractivity contribution in [3.05, 3.63) is 23.8 Å². The Labute approximate surface area is 123 Å². The molecular formula is C14H21O6P. The van der Waals surface area contributed by atoms with Crippen molar-refractivity contribution in [1.82, 2.24) is 0 Å². The summed E-state index contributed by atoms with van der Waals surface area (Å²) in [5.41, 5.74) is 0.314. The molecule has 3 N–H and O–H groups in total.